The minimum Gasteiger partial charge on any atom is -0.504 e. The van der Waals surface area contributed by atoms with Gasteiger partial charge in [0.25, 0.3) is 11.8 Å². The van der Waals surface area contributed by atoms with Crippen LogP contribution >= 0.6 is 34.2 Å². The summed E-state index contributed by atoms with van der Waals surface area (Å²) in [5.74, 6) is -0.657. The van der Waals surface area contributed by atoms with Crippen LogP contribution in [0, 0.1) is 3.57 Å². The Balaban J connectivity index is 1.95. The van der Waals surface area contributed by atoms with E-state index in [-0.39, 0.29) is 11.3 Å². The van der Waals surface area contributed by atoms with Crippen LogP contribution in [0.4, 0.5) is 5.69 Å². The van der Waals surface area contributed by atoms with E-state index in [4.69, 9.17) is 16.3 Å². The standard InChI is InChI=1S/C18H14ClIN2O4/c1-2-26-15-9-10(8-14(20)16(15)23)7-13-17(24)21-22(18(13)25)12-5-3-11(19)4-6-12/h3-9,23H,2H2,1H3,(H,21,24)/b13-7-. The van der Waals surface area contributed by atoms with Crippen molar-refractivity contribution in [1.82, 2.24) is 5.43 Å². The van der Waals surface area contributed by atoms with Gasteiger partial charge < -0.3 is 9.84 Å². The highest BCUT2D eigenvalue weighted by molar-refractivity contribution is 14.1. The van der Waals surface area contributed by atoms with Crippen molar-refractivity contribution in [3.63, 3.8) is 0 Å². The molecule has 1 heterocycles. The zero-order valence-electron chi connectivity index (χ0n) is 13.6. The van der Waals surface area contributed by atoms with Gasteiger partial charge in [0.1, 0.15) is 5.57 Å². The van der Waals surface area contributed by atoms with Crippen molar-refractivity contribution in [3.05, 3.63) is 56.1 Å². The van der Waals surface area contributed by atoms with Crippen molar-refractivity contribution >= 4 is 57.8 Å². The molecule has 2 amide bonds. The van der Waals surface area contributed by atoms with Crippen LogP contribution in [0.15, 0.2) is 42.0 Å². The predicted molar refractivity (Wildman–Crippen MR) is 107 cm³/mol. The second-order valence-corrected chi connectivity index (χ2v) is 7.00. The molecule has 6 nitrogen and oxygen atoms in total. The SMILES string of the molecule is CCOc1cc(/C=C2/C(=O)NN(c3ccc(Cl)cc3)C2=O)cc(I)c1O. The molecule has 0 saturated carbocycles. The lowest BCUT2D eigenvalue weighted by molar-refractivity contribution is -0.117. The number of hydrogen-bond donors (Lipinski definition) is 2. The molecule has 0 bridgehead atoms. The van der Waals surface area contributed by atoms with Gasteiger partial charge >= 0.3 is 0 Å². The van der Waals surface area contributed by atoms with E-state index >= 15 is 0 Å². The van der Waals surface area contributed by atoms with Gasteiger partial charge in [0.2, 0.25) is 0 Å². The first kappa shape index (κ1) is 18.5. The molecule has 3 rings (SSSR count). The fourth-order valence-electron chi connectivity index (χ4n) is 2.44. The number of carbonyl (C=O) groups is 2. The molecule has 2 aromatic rings. The largest absolute Gasteiger partial charge is 0.504 e. The van der Waals surface area contributed by atoms with E-state index in [9.17, 15) is 14.7 Å². The van der Waals surface area contributed by atoms with Gasteiger partial charge in [0, 0.05) is 5.02 Å². The number of rotatable bonds is 4. The Labute approximate surface area is 168 Å². The average molecular weight is 485 g/mol. The molecule has 0 radical (unpaired) electrons. The normalized spacial score (nSPS) is 15.5. The predicted octanol–water partition coefficient (Wildman–Crippen LogP) is 3.51. The zero-order chi connectivity index (χ0) is 18.8. The van der Waals surface area contributed by atoms with Gasteiger partial charge in [-0.25, -0.2) is 5.01 Å². The van der Waals surface area contributed by atoms with E-state index in [0.29, 0.717) is 32.2 Å². The number of hydrogen-bond acceptors (Lipinski definition) is 4. The highest BCUT2D eigenvalue weighted by Gasteiger charge is 2.34. The highest BCUT2D eigenvalue weighted by atomic mass is 127. The van der Waals surface area contributed by atoms with Gasteiger partial charge in [-0.2, -0.15) is 0 Å². The molecule has 134 valence electrons. The number of aromatic hydroxyl groups is 1. The van der Waals surface area contributed by atoms with Gasteiger partial charge in [-0.05, 0) is 77.6 Å². The van der Waals surface area contributed by atoms with Crippen molar-refractivity contribution in [2.75, 3.05) is 11.6 Å². The maximum absolute atomic E-state index is 12.6. The molecule has 0 spiro atoms. The molecular weight excluding hydrogens is 471 g/mol. The number of ether oxygens (including phenoxy) is 1. The Morgan fingerprint density at radius 1 is 1.27 bits per heavy atom. The lowest BCUT2D eigenvalue weighted by atomic mass is 10.1. The highest BCUT2D eigenvalue weighted by Crippen LogP contribution is 2.34. The first-order valence-corrected chi connectivity index (χ1v) is 9.14. The van der Waals surface area contributed by atoms with Crippen molar-refractivity contribution in [2.24, 2.45) is 0 Å². The topological polar surface area (TPSA) is 78.9 Å². The third-order valence-electron chi connectivity index (χ3n) is 3.64. The van der Waals surface area contributed by atoms with Gasteiger partial charge in [0.15, 0.2) is 11.5 Å². The van der Waals surface area contributed by atoms with Crippen LogP contribution < -0.4 is 15.2 Å². The number of phenols is 1. The number of amides is 2. The molecule has 0 unspecified atom stereocenters. The summed E-state index contributed by atoms with van der Waals surface area (Å²) in [6, 6.07) is 9.79. The number of benzene rings is 2. The van der Waals surface area contributed by atoms with Gasteiger partial charge in [-0.3, -0.25) is 15.0 Å². The van der Waals surface area contributed by atoms with Crippen LogP contribution in [0.2, 0.25) is 5.02 Å². The molecule has 1 fully saturated rings. The average Bonchev–Trinajstić information content (AvgIpc) is 2.88. The summed E-state index contributed by atoms with van der Waals surface area (Å²) in [4.78, 5) is 24.9. The second kappa shape index (κ2) is 7.55. The number of nitrogens with one attached hydrogen (secondary N) is 1. The molecule has 1 aliphatic heterocycles. The number of hydrazine groups is 1. The second-order valence-electron chi connectivity index (χ2n) is 5.40. The number of nitrogens with zero attached hydrogens (tertiary/aromatic N) is 1. The fourth-order valence-corrected chi connectivity index (χ4v) is 3.19. The molecule has 26 heavy (non-hydrogen) atoms. The van der Waals surface area contributed by atoms with Crippen LogP contribution in [-0.2, 0) is 9.59 Å². The third-order valence-corrected chi connectivity index (χ3v) is 4.71. The summed E-state index contributed by atoms with van der Waals surface area (Å²) in [6.07, 6.45) is 1.47. The van der Waals surface area contributed by atoms with E-state index in [2.05, 4.69) is 5.43 Å². The van der Waals surface area contributed by atoms with Crippen LogP contribution in [0.3, 0.4) is 0 Å². The first-order valence-electron chi connectivity index (χ1n) is 7.68. The number of phenolic OH excluding ortho intramolecular Hbond substituents is 1. The number of halogens is 2. The summed E-state index contributed by atoms with van der Waals surface area (Å²) < 4.78 is 5.94. The van der Waals surface area contributed by atoms with E-state index < -0.39 is 11.8 Å². The monoisotopic (exact) mass is 484 g/mol. The molecule has 8 heteroatoms. The first-order chi connectivity index (χ1) is 12.4. The molecular formula is C18H14ClIN2O4. The lowest BCUT2D eigenvalue weighted by Gasteiger charge is -2.14. The molecule has 1 saturated heterocycles. The third kappa shape index (κ3) is 3.63. The molecule has 0 aliphatic carbocycles. The number of anilines is 1. The fraction of sp³-hybridized carbons (Fsp3) is 0.111. The quantitative estimate of drug-likeness (QED) is 0.396. The van der Waals surface area contributed by atoms with Crippen molar-refractivity contribution < 1.29 is 19.4 Å². The maximum atomic E-state index is 12.6. The number of carbonyl (C=O) groups excluding carboxylic acids is 2. The summed E-state index contributed by atoms with van der Waals surface area (Å²) >= 11 is 7.81. The van der Waals surface area contributed by atoms with E-state index in [0.717, 1.165) is 0 Å². The summed E-state index contributed by atoms with van der Waals surface area (Å²) in [7, 11) is 0. The van der Waals surface area contributed by atoms with E-state index in [1.54, 1.807) is 43.3 Å². The van der Waals surface area contributed by atoms with E-state index in [1.165, 1.54) is 11.1 Å². The maximum Gasteiger partial charge on any atom is 0.282 e. The minimum atomic E-state index is -0.508. The van der Waals surface area contributed by atoms with E-state index in [1.807, 2.05) is 22.6 Å². The van der Waals surface area contributed by atoms with Gasteiger partial charge in [0.05, 0.1) is 15.9 Å². The molecule has 1 aliphatic rings. The lowest BCUT2D eigenvalue weighted by Crippen LogP contribution is -2.35. The van der Waals surface area contributed by atoms with Crippen LogP contribution in [-0.4, -0.2) is 23.5 Å². The molecule has 0 atom stereocenters. The van der Waals surface area contributed by atoms with Crippen LogP contribution in [0.25, 0.3) is 6.08 Å². The smallest absolute Gasteiger partial charge is 0.282 e. The molecule has 0 aromatic heterocycles. The summed E-state index contributed by atoms with van der Waals surface area (Å²) in [5, 5.41) is 11.7. The van der Waals surface area contributed by atoms with Crippen molar-refractivity contribution in [3.8, 4) is 11.5 Å². The Morgan fingerprint density at radius 3 is 2.62 bits per heavy atom. The summed E-state index contributed by atoms with van der Waals surface area (Å²) in [6.45, 7) is 2.18. The zero-order valence-corrected chi connectivity index (χ0v) is 16.5. The van der Waals surface area contributed by atoms with Crippen LogP contribution in [0.1, 0.15) is 12.5 Å². The minimum absolute atomic E-state index is 0.0103. The van der Waals surface area contributed by atoms with Crippen molar-refractivity contribution in [1.29, 1.82) is 0 Å². The van der Waals surface area contributed by atoms with Crippen LogP contribution in [0.5, 0.6) is 11.5 Å². The summed E-state index contributed by atoms with van der Waals surface area (Å²) in [5.41, 5.74) is 3.60. The van der Waals surface area contributed by atoms with Gasteiger partial charge in [-0.1, -0.05) is 11.6 Å². The van der Waals surface area contributed by atoms with Crippen molar-refractivity contribution in [2.45, 2.75) is 6.92 Å². The molecule has 2 aromatic carbocycles. The Bertz CT molecular complexity index is 912. The Hall–Kier alpha value is -2.26. The molecule has 2 N–H and O–H groups in total. The van der Waals surface area contributed by atoms with Gasteiger partial charge in [-0.15, -0.1) is 0 Å². The Kier molecular flexibility index (Phi) is 5.38. The Morgan fingerprint density at radius 2 is 1.96 bits per heavy atom.